The maximum Gasteiger partial charge on any atom is 0.255 e. The molecule has 0 atom stereocenters. The molecule has 1 saturated heterocycles. The van der Waals surface area contributed by atoms with Crippen LogP contribution in [0.4, 0.5) is 5.82 Å². The summed E-state index contributed by atoms with van der Waals surface area (Å²) in [4.78, 5) is 19.3. The number of amides is 1. The molecule has 5 nitrogen and oxygen atoms in total. The number of aromatic nitrogens is 1. The van der Waals surface area contributed by atoms with Gasteiger partial charge in [0.25, 0.3) is 5.91 Å². The second kappa shape index (κ2) is 8.41. The van der Waals surface area contributed by atoms with Crippen LogP contribution in [-0.2, 0) is 6.54 Å². The molecule has 138 valence electrons. The van der Waals surface area contributed by atoms with Crippen LogP contribution in [0.5, 0.6) is 5.75 Å². The average Bonchev–Trinajstić information content (AvgIpc) is 2.67. The highest BCUT2D eigenvalue weighted by molar-refractivity contribution is 6.31. The van der Waals surface area contributed by atoms with Gasteiger partial charge in [-0.05, 0) is 48.6 Å². The zero-order valence-electron chi connectivity index (χ0n) is 15.2. The lowest BCUT2D eigenvalue weighted by molar-refractivity contribution is 0.0948. The number of pyridine rings is 1. The Kier molecular flexibility index (Phi) is 5.99. The van der Waals surface area contributed by atoms with Gasteiger partial charge < -0.3 is 15.0 Å². The molecule has 26 heavy (non-hydrogen) atoms. The Balaban J connectivity index is 1.60. The van der Waals surface area contributed by atoms with E-state index < -0.39 is 0 Å². The molecule has 0 radical (unpaired) electrons. The van der Waals surface area contributed by atoms with Gasteiger partial charge in [-0.15, -0.1) is 0 Å². The Hall–Kier alpha value is -2.27. The maximum atomic E-state index is 12.4. The zero-order chi connectivity index (χ0) is 18.5. The van der Waals surface area contributed by atoms with Crippen LogP contribution in [-0.4, -0.2) is 31.1 Å². The highest BCUT2D eigenvalue weighted by atomic mass is 35.5. The molecule has 2 heterocycles. The first-order valence-electron chi connectivity index (χ1n) is 8.88. The molecule has 6 heteroatoms. The molecule has 0 aliphatic carbocycles. The number of anilines is 1. The van der Waals surface area contributed by atoms with Gasteiger partial charge in [0.05, 0.1) is 12.7 Å². The molecule has 0 unspecified atom stereocenters. The molecule has 1 N–H and O–H groups in total. The third-order valence-electron chi connectivity index (χ3n) is 4.78. The van der Waals surface area contributed by atoms with Crippen molar-refractivity contribution in [3.63, 3.8) is 0 Å². The lowest BCUT2D eigenvalue weighted by atomic mass is 9.99. The standard InChI is InChI=1S/C20H24ClN3O2/c1-14-7-9-24(10-8-14)19-6-3-15(12-22-19)13-23-20(25)17-11-16(21)4-5-18(17)26-2/h3-6,11-12,14H,7-10,13H2,1-2H3,(H,23,25). The summed E-state index contributed by atoms with van der Waals surface area (Å²) < 4.78 is 5.23. The molecule has 1 aliphatic rings. The number of benzene rings is 1. The number of halogens is 1. The molecular formula is C20H24ClN3O2. The van der Waals surface area contributed by atoms with Crippen molar-refractivity contribution in [3.05, 3.63) is 52.7 Å². The number of hydrogen-bond donors (Lipinski definition) is 1. The van der Waals surface area contributed by atoms with E-state index in [9.17, 15) is 4.79 Å². The van der Waals surface area contributed by atoms with Crippen LogP contribution in [0.15, 0.2) is 36.5 Å². The number of hydrogen-bond acceptors (Lipinski definition) is 4. The minimum Gasteiger partial charge on any atom is -0.496 e. The van der Waals surface area contributed by atoms with E-state index in [4.69, 9.17) is 16.3 Å². The van der Waals surface area contributed by atoms with Gasteiger partial charge in [-0.3, -0.25) is 4.79 Å². The van der Waals surface area contributed by atoms with Crippen molar-refractivity contribution in [2.75, 3.05) is 25.1 Å². The number of piperidine rings is 1. The maximum absolute atomic E-state index is 12.4. The van der Waals surface area contributed by atoms with E-state index in [1.807, 2.05) is 18.3 Å². The highest BCUT2D eigenvalue weighted by Gasteiger charge is 2.17. The minimum absolute atomic E-state index is 0.224. The van der Waals surface area contributed by atoms with E-state index in [1.165, 1.54) is 20.0 Å². The molecule has 1 aromatic heterocycles. The minimum atomic E-state index is -0.224. The fraction of sp³-hybridized carbons (Fsp3) is 0.400. The van der Waals surface area contributed by atoms with Crippen molar-refractivity contribution in [2.45, 2.75) is 26.3 Å². The van der Waals surface area contributed by atoms with Gasteiger partial charge in [0, 0.05) is 30.9 Å². The van der Waals surface area contributed by atoms with Crippen LogP contribution in [0.3, 0.4) is 0 Å². The van der Waals surface area contributed by atoms with Crippen molar-refractivity contribution in [1.29, 1.82) is 0 Å². The van der Waals surface area contributed by atoms with Gasteiger partial charge in [0.2, 0.25) is 0 Å². The molecule has 0 bridgehead atoms. The molecule has 0 spiro atoms. The van der Waals surface area contributed by atoms with Gasteiger partial charge in [0.15, 0.2) is 0 Å². The first kappa shape index (κ1) is 18.5. The van der Waals surface area contributed by atoms with E-state index in [1.54, 1.807) is 18.2 Å². The third-order valence-corrected chi connectivity index (χ3v) is 5.01. The van der Waals surface area contributed by atoms with Gasteiger partial charge >= 0.3 is 0 Å². The second-order valence-electron chi connectivity index (χ2n) is 6.72. The normalized spacial score (nSPS) is 15.0. The SMILES string of the molecule is COc1ccc(Cl)cc1C(=O)NCc1ccc(N2CCC(C)CC2)nc1. The Morgan fingerprint density at radius 3 is 2.73 bits per heavy atom. The monoisotopic (exact) mass is 373 g/mol. The Morgan fingerprint density at radius 2 is 2.08 bits per heavy atom. The van der Waals surface area contributed by atoms with E-state index in [0.717, 1.165) is 30.4 Å². The smallest absolute Gasteiger partial charge is 0.255 e. The molecule has 1 fully saturated rings. The fourth-order valence-corrected chi connectivity index (χ4v) is 3.25. The molecule has 0 saturated carbocycles. The van der Waals surface area contributed by atoms with Crippen molar-refractivity contribution < 1.29 is 9.53 Å². The van der Waals surface area contributed by atoms with Crippen LogP contribution >= 0.6 is 11.6 Å². The number of nitrogens with zero attached hydrogens (tertiary/aromatic N) is 2. The van der Waals surface area contributed by atoms with E-state index in [0.29, 0.717) is 22.9 Å². The van der Waals surface area contributed by atoms with Gasteiger partial charge in [-0.25, -0.2) is 4.98 Å². The Bertz CT molecular complexity index is 756. The molecular weight excluding hydrogens is 350 g/mol. The number of carbonyl (C=O) groups excluding carboxylic acids is 1. The third kappa shape index (κ3) is 4.47. The average molecular weight is 374 g/mol. The van der Waals surface area contributed by atoms with Crippen LogP contribution in [0, 0.1) is 5.92 Å². The molecule has 1 aromatic carbocycles. The largest absolute Gasteiger partial charge is 0.496 e. The molecule has 2 aromatic rings. The summed E-state index contributed by atoms with van der Waals surface area (Å²) in [5.74, 6) is 2.07. The van der Waals surface area contributed by atoms with E-state index in [-0.39, 0.29) is 5.91 Å². The van der Waals surface area contributed by atoms with E-state index >= 15 is 0 Å². The number of ether oxygens (including phenoxy) is 1. The first-order chi connectivity index (χ1) is 12.6. The summed E-state index contributed by atoms with van der Waals surface area (Å²) >= 11 is 5.99. The Morgan fingerprint density at radius 1 is 1.31 bits per heavy atom. The molecule has 1 aliphatic heterocycles. The number of methoxy groups -OCH3 is 1. The van der Waals surface area contributed by atoms with Crippen molar-refractivity contribution in [2.24, 2.45) is 5.92 Å². The lowest BCUT2D eigenvalue weighted by Gasteiger charge is -2.31. The van der Waals surface area contributed by atoms with E-state index in [2.05, 4.69) is 22.1 Å². The zero-order valence-corrected chi connectivity index (χ0v) is 15.9. The Labute approximate surface area is 159 Å². The quantitative estimate of drug-likeness (QED) is 0.863. The predicted octanol–water partition coefficient (Wildman–Crippen LogP) is 3.91. The number of rotatable bonds is 5. The summed E-state index contributed by atoms with van der Waals surface area (Å²) in [6, 6.07) is 9.02. The number of carbonyl (C=O) groups is 1. The summed E-state index contributed by atoms with van der Waals surface area (Å²) in [6.45, 7) is 4.81. The van der Waals surface area contributed by atoms with Crippen LogP contribution in [0.25, 0.3) is 0 Å². The van der Waals surface area contributed by atoms with Crippen molar-refractivity contribution in [1.82, 2.24) is 10.3 Å². The highest BCUT2D eigenvalue weighted by Crippen LogP contribution is 2.23. The summed E-state index contributed by atoms with van der Waals surface area (Å²) in [5, 5.41) is 3.39. The summed E-state index contributed by atoms with van der Waals surface area (Å²) in [7, 11) is 1.53. The molecule has 3 rings (SSSR count). The van der Waals surface area contributed by atoms with Crippen molar-refractivity contribution >= 4 is 23.3 Å². The van der Waals surface area contributed by atoms with Crippen molar-refractivity contribution in [3.8, 4) is 5.75 Å². The first-order valence-corrected chi connectivity index (χ1v) is 9.26. The van der Waals surface area contributed by atoms with Gasteiger partial charge in [-0.1, -0.05) is 24.6 Å². The second-order valence-corrected chi connectivity index (χ2v) is 7.16. The fourth-order valence-electron chi connectivity index (χ4n) is 3.08. The summed E-state index contributed by atoms with van der Waals surface area (Å²) in [5.41, 5.74) is 1.38. The molecule has 1 amide bonds. The van der Waals surface area contributed by atoms with Crippen LogP contribution < -0.4 is 15.0 Å². The summed E-state index contributed by atoms with van der Waals surface area (Å²) in [6.07, 6.45) is 4.24. The predicted molar refractivity (Wildman–Crippen MR) is 104 cm³/mol. The topological polar surface area (TPSA) is 54.5 Å². The van der Waals surface area contributed by atoms with Gasteiger partial charge in [0.1, 0.15) is 11.6 Å². The lowest BCUT2D eigenvalue weighted by Crippen LogP contribution is -2.33. The van der Waals surface area contributed by atoms with Crippen LogP contribution in [0.2, 0.25) is 5.02 Å². The van der Waals surface area contributed by atoms with Gasteiger partial charge in [-0.2, -0.15) is 0 Å². The number of nitrogens with one attached hydrogen (secondary N) is 1. The van der Waals surface area contributed by atoms with Crippen LogP contribution in [0.1, 0.15) is 35.7 Å².